The first kappa shape index (κ1) is 18.9. The van der Waals surface area contributed by atoms with Crippen LogP contribution in [0, 0.1) is 0 Å². The van der Waals surface area contributed by atoms with E-state index in [0.717, 1.165) is 36.8 Å². The van der Waals surface area contributed by atoms with Gasteiger partial charge in [-0.05, 0) is 71.8 Å². The highest BCUT2D eigenvalue weighted by molar-refractivity contribution is 5.31. The molecule has 2 nitrogen and oxygen atoms in total. The molecule has 2 heteroatoms. The van der Waals surface area contributed by atoms with E-state index < -0.39 is 11.7 Å². The Hall–Kier alpha value is -1.12. The first-order valence-corrected chi connectivity index (χ1v) is 8.30. The Morgan fingerprint density at radius 3 is 2.50 bits per heavy atom. The summed E-state index contributed by atoms with van der Waals surface area (Å²) in [6, 6.07) is 0. The molecule has 0 radical (unpaired) electrons. The molecule has 0 aromatic heterocycles. The molecule has 0 saturated carbocycles. The molecule has 22 heavy (non-hydrogen) atoms. The van der Waals surface area contributed by atoms with Gasteiger partial charge in [0.25, 0.3) is 0 Å². The number of hydrogen-bond donors (Lipinski definition) is 2. The summed E-state index contributed by atoms with van der Waals surface area (Å²) in [4.78, 5) is 0. The van der Waals surface area contributed by atoms with Gasteiger partial charge in [0, 0.05) is 0 Å². The molecule has 0 aliphatic heterocycles. The molecule has 2 atom stereocenters. The molecule has 0 aromatic carbocycles. The molecule has 1 rings (SSSR count). The highest BCUT2D eigenvalue weighted by Gasteiger charge is 2.29. The van der Waals surface area contributed by atoms with Crippen LogP contribution in [0.2, 0.25) is 0 Å². The molecular weight excluding hydrogens is 272 g/mol. The largest absolute Gasteiger partial charge is 0.390 e. The lowest BCUT2D eigenvalue weighted by Crippen LogP contribution is -2.39. The second-order valence-corrected chi connectivity index (χ2v) is 6.99. The van der Waals surface area contributed by atoms with Crippen molar-refractivity contribution in [3.8, 4) is 0 Å². The fourth-order valence-corrected chi connectivity index (χ4v) is 2.64. The van der Waals surface area contributed by atoms with E-state index in [1.165, 1.54) is 11.1 Å². The summed E-state index contributed by atoms with van der Waals surface area (Å²) in [7, 11) is 0. The Kier molecular flexibility index (Phi) is 7.31. The van der Waals surface area contributed by atoms with Gasteiger partial charge in [0.15, 0.2) is 0 Å². The van der Waals surface area contributed by atoms with E-state index >= 15 is 0 Å². The third kappa shape index (κ3) is 6.33. The lowest BCUT2D eigenvalue weighted by Gasteiger charge is -2.30. The quantitative estimate of drug-likeness (QED) is 0.680. The molecule has 1 aliphatic rings. The van der Waals surface area contributed by atoms with Crippen molar-refractivity contribution in [3.63, 3.8) is 0 Å². The van der Waals surface area contributed by atoms with Crippen LogP contribution >= 0.6 is 0 Å². The zero-order valence-corrected chi connectivity index (χ0v) is 14.7. The van der Waals surface area contributed by atoms with E-state index in [9.17, 15) is 10.2 Å². The molecule has 0 bridgehead atoms. The number of aliphatic hydroxyl groups excluding tert-OH is 1. The Morgan fingerprint density at radius 1 is 1.18 bits per heavy atom. The van der Waals surface area contributed by atoms with Crippen LogP contribution < -0.4 is 0 Å². The van der Waals surface area contributed by atoms with Crippen molar-refractivity contribution in [2.24, 2.45) is 0 Å². The van der Waals surface area contributed by atoms with Crippen LogP contribution in [0.3, 0.4) is 0 Å². The zero-order valence-electron chi connectivity index (χ0n) is 14.7. The van der Waals surface area contributed by atoms with Gasteiger partial charge in [-0.3, -0.25) is 0 Å². The predicted octanol–water partition coefficient (Wildman–Crippen LogP) is 4.85. The lowest BCUT2D eigenvalue weighted by molar-refractivity contribution is -0.0694. The molecule has 0 heterocycles. The maximum atomic E-state index is 10.5. The van der Waals surface area contributed by atoms with Gasteiger partial charge in [-0.15, -0.1) is 0 Å². The Labute approximate surface area is 135 Å². The first-order chi connectivity index (χ1) is 10.2. The van der Waals surface area contributed by atoms with E-state index in [0.29, 0.717) is 12.8 Å². The minimum Gasteiger partial charge on any atom is -0.390 e. The number of hydrogen-bond acceptors (Lipinski definition) is 2. The first-order valence-electron chi connectivity index (χ1n) is 8.30. The predicted molar refractivity (Wildman–Crippen MR) is 94.7 cm³/mol. The van der Waals surface area contributed by atoms with Gasteiger partial charge >= 0.3 is 0 Å². The van der Waals surface area contributed by atoms with Crippen LogP contribution in [0.4, 0.5) is 0 Å². The summed E-state index contributed by atoms with van der Waals surface area (Å²) in [6.07, 6.45) is 10.6. The highest BCUT2D eigenvalue weighted by Crippen LogP contribution is 2.27. The van der Waals surface area contributed by atoms with Crippen molar-refractivity contribution >= 4 is 0 Å². The van der Waals surface area contributed by atoms with Gasteiger partial charge in [-0.1, -0.05) is 41.5 Å². The molecule has 0 aromatic rings. The van der Waals surface area contributed by atoms with E-state index in [2.05, 4.69) is 38.7 Å². The van der Waals surface area contributed by atoms with Crippen LogP contribution in [0.15, 0.2) is 47.1 Å². The van der Waals surface area contributed by atoms with Crippen molar-refractivity contribution in [3.05, 3.63) is 47.1 Å². The molecule has 0 amide bonds. The number of allylic oxidation sites excluding steroid dienone is 7. The van der Waals surface area contributed by atoms with Crippen molar-refractivity contribution in [1.29, 1.82) is 0 Å². The molecule has 2 N–H and O–H groups in total. The van der Waals surface area contributed by atoms with Crippen molar-refractivity contribution in [2.75, 3.05) is 0 Å². The average molecular weight is 304 g/mol. The lowest BCUT2D eigenvalue weighted by atomic mass is 9.86. The molecule has 0 spiro atoms. The number of rotatable bonds is 1. The Bertz CT molecular complexity index is 478. The molecule has 1 aliphatic carbocycles. The van der Waals surface area contributed by atoms with E-state index in [1.807, 2.05) is 6.92 Å². The fourth-order valence-electron chi connectivity index (χ4n) is 2.64. The van der Waals surface area contributed by atoms with Crippen molar-refractivity contribution < 1.29 is 10.2 Å². The van der Waals surface area contributed by atoms with Gasteiger partial charge in [0.05, 0.1) is 11.7 Å². The van der Waals surface area contributed by atoms with Crippen LogP contribution in [0.25, 0.3) is 0 Å². The summed E-state index contributed by atoms with van der Waals surface area (Å²) >= 11 is 0. The Balaban J connectivity index is 3.01. The summed E-state index contributed by atoms with van der Waals surface area (Å²) in [5.74, 6) is 0. The van der Waals surface area contributed by atoms with Gasteiger partial charge in [-0.25, -0.2) is 0 Å². The van der Waals surface area contributed by atoms with Gasteiger partial charge in [0.1, 0.15) is 0 Å². The molecular formula is C20H32O2. The summed E-state index contributed by atoms with van der Waals surface area (Å²) < 4.78 is 0. The van der Waals surface area contributed by atoms with E-state index in [-0.39, 0.29) is 0 Å². The van der Waals surface area contributed by atoms with Crippen LogP contribution in [-0.2, 0) is 0 Å². The SMILES string of the molecule is C=C(C)C1=CC=C(C)CCC=C(C)CCC(O)C(C)(O)CC1. The summed E-state index contributed by atoms with van der Waals surface area (Å²) in [6.45, 7) is 12.0. The Morgan fingerprint density at radius 2 is 1.86 bits per heavy atom. The standard InChI is InChI=1S/C20H32O2/c1-15(2)18-11-9-16(3)7-6-8-17(4)10-12-19(21)20(5,22)14-13-18/h8-9,11,19,21-22H,1,6-7,10,12-14H2,2-5H3. The third-order valence-electron chi connectivity index (χ3n) is 4.58. The maximum Gasteiger partial charge on any atom is 0.0880 e. The molecule has 124 valence electrons. The van der Waals surface area contributed by atoms with Crippen LogP contribution in [-0.4, -0.2) is 21.9 Å². The third-order valence-corrected chi connectivity index (χ3v) is 4.58. The fraction of sp³-hybridized carbons (Fsp3) is 0.600. The van der Waals surface area contributed by atoms with E-state index in [1.54, 1.807) is 6.92 Å². The maximum absolute atomic E-state index is 10.5. The van der Waals surface area contributed by atoms with Crippen molar-refractivity contribution in [2.45, 2.75) is 77.9 Å². The molecule has 2 unspecified atom stereocenters. The van der Waals surface area contributed by atoms with Gasteiger partial charge in [-0.2, -0.15) is 0 Å². The van der Waals surface area contributed by atoms with Crippen LogP contribution in [0.1, 0.15) is 66.2 Å². The smallest absolute Gasteiger partial charge is 0.0880 e. The van der Waals surface area contributed by atoms with Gasteiger partial charge in [0.2, 0.25) is 0 Å². The topological polar surface area (TPSA) is 40.5 Å². The summed E-state index contributed by atoms with van der Waals surface area (Å²) in [5, 5.41) is 20.8. The summed E-state index contributed by atoms with van der Waals surface area (Å²) in [5.41, 5.74) is 3.76. The second-order valence-electron chi connectivity index (χ2n) is 6.99. The minimum absolute atomic E-state index is 0.544. The van der Waals surface area contributed by atoms with E-state index in [4.69, 9.17) is 0 Å². The van der Waals surface area contributed by atoms with Crippen molar-refractivity contribution in [1.82, 2.24) is 0 Å². The average Bonchev–Trinajstić information content (AvgIpc) is 2.43. The number of aliphatic hydroxyl groups is 2. The minimum atomic E-state index is -1.06. The highest BCUT2D eigenvalue weighted by atomic mass is 16.3. The van der Waals surface area contributed by atoms with Gasteiger partial charge < -0.3 is 10.2 Å². The molecule has 0 saturated heterocycles. The molecule has 0 fully saturated rings. The normalized spacial score (nSPS) is 29.0. The monoisotopic (exact) mass is 304 g/mol. The second kappa shape index (κ2) is 8.50. The zero-order chi connectivity index (χ0) is 16.8. The van der Waals surface area contributed by atoms with Crippen LogP contribution in [0.5, 0.6) is 0 Å².